The molecule has 1 aromatic heterocycles. The normalized spacial score (nSPS) is 12.0. The Kier molecular flexibility index (Phi) is 10.1. The van der Waals surface area contributed by atoms with Crippen molar-refractivity contribution < 1.29 is 36.3 Å². The van der Waals surface area contributed by atoms with Crippen LogP contribution in [0, 0.1) is 0 Å². The van der Waals surface area contributed by atoms with Crippen LogP contribution in [0.2, 0.25) is 0 Å². The molecule has 3 aromatic carbocycles. The highest BCUT2D eigenvalue weighted by atomic mass is 32.2. The highest BCUT2D eigenvalue weighted by Crippen LogP contribution is 2.27. The molecule has 0 spiro atoms. The number of hydrogen-bond donors (Lipinski definition) is 4. The number of halogens is 3. The molecule has 1 unspecified atom stereocenters. The minimum absolute atomic E-state index is 0.0698. The Morgan fingerprint density at radius 3 is 2.35 bits per heavy atom. The Balaban J connectivity index is 0.000000646. The van der Waals surface area contributed by atoms with E-state index in [1.807, 2.05) is 55.5 Å². The number of aromatic nitrogens is 1. The van der Waals surface area contributed by atoms with E-state index in [1.165, 1.54) is 0 Å². The number of benzene rings is 3. The van der Waals surface area contributed by atoms with E-state index in [0.717, 1.165) is 39.4 Å². The van der Waals surface area contributed by atoms with Gasteiger partial charge in [0.05, 0.1) is 4.90 Å². The van der Waals surface area contributed by atoms with Crippen LogP contribution in [0.25, 0.3) is 16.3 Å². The van der Waals surface area contributed by atoms with Gasteiger partial charge in [0.2, 0.25) is 5.91 Å². The summed E-state index contributed by atoms with van der Waals surface area (Å²) in [6.07, 6.45) is -2.29. The number of sulfone groups is 1. The molecule has 0 saturated heterocycles. The summed E-state index contributed by atoms with van der Waals surface area (Å²) in [4.78, 5) is 26.7. The summed E-state index contributed by atoms with van der Waals surface area (Å²) >= 11 is 0. The minimum Gasteiger partial charge on any atom is -0.475 e. The Labute approximate surface area is 246 Å². The molecule has 0 aliphatic heterocycles. The van der Waals surface area contributed by atoms with Gasteiger partial charge in [-0.3, -0.25) is 4.79 Å². The number of nitrogens with zero attached hydrogens (tertiary/aromatic N) is 1. The molecule has 1 heterocycles. The zero-order valence-electron chi connectivity index (χ0n) is 23.1. The maximum absolute atomic E-state index is 13.5. The van der Waals surface area contributed by atoms with Crippen LogP contribution >= 0.6 is 0 Å². The second-order valence-corrected chi connectivity index (χ2v) is 11.5. The molecule has 226 valence electrons. The highest BCUT2D eigenvalue weighted by molar-refractivity contribution is 7.90. The maximum Gasteiger partial charge on any atom is 0.490 e. The maximum atomic E-state index is 13.5. The third-order valence-electron chi connectivity index (χ3n) is 6.15. The summed E-state index contributed by atoms with van der Waals surface area (Å²) in [5, 5.41) is 15.1. The number of amides is 1. The number of pyridine rings is 1. The first kappa shape index (κ1) is 32.6. The number of nitrogens with two attached hydrogens (primary N) is 1. The average molecular weight is 615 g/mol. The third kappa shape index (κ3) is 8.79. The van der Waals surface area contributed by atoms with Gasteiger partial charge in [-0.1, -0.05) is 48.6 Å². The molecule has 1 atom stereocenters. The van der Waals surface area contributed by atoms with E-state index < -0.39 is 28.0 Å². The van der Waals surface area contributed by atoms with Gasteiger partial charge in [0.15, 0.2) is 9.84 Å². The number of rotatable bonds is 8. The van der Waals surface area contributed by atoms with Crippen LogP contribution in [0.4, 0.5) is 24.7 Å². The fourth-order valence-corrected chi connectivity index (χ4v) is 4.98. The monoisotopic (exact) mass is 614 g/mol. The number of anilines is 2. The molecule has 4 rings (SSSR count). The van der Waals surface area contributed by atoms with Crippen molar-refractivity contribution in [3.05, 3.63) is 102 Å². The quantitative estimate of drug-likeness (QED) is 0.207. The summed E-state index contributed by atoms with van der Waals surface area (Å²) in [6.45, 7) is 5.99. The van der Waals surface area contributed by atoms with E-state index >= 15 is 0 Å². The van der Waals surface area contributed by atoms with Crippen LogP contribution in [0.15, 0.2) is 90.5 Å². The van der Waals surface area contributed by atoms with E-state index in [-0.39, 0.29) is 17.3 Å². The number of carboxylic acid groups (broad SMARTS) is 1. The van der Waals surface area contributed by atoms with Gasteiger partial charge in [0.1, 0.15) is 11.9 Å². The molecular formula is C30H29F3N4O5S. The third-order valence-corrected chi connectivity index (χ3v) is 7.35. The van der Waals surface area contributed by atoms with Gasteiger partial charge in [-0.2, -0.15) is 13.2 Å². The number of allylic oxidation sites excluding steroid dienone is 1. The van der Waals surface area contributed by atoms with Gasteiger partial charge >= 0.3 is 12.1 Å². The van der Waals surface area contributed by atoms with E-state index in [0.29, 0.717) is 11.4 Å². The van der Waals surface area contributed by atoms with Crippen molar-refractivity contribution in [3.63, 3.8) is 0 Å². The molecule has 0 radical (unpaired) electrons. The van der Waals surface area contributed by atoms with E-state index in [4.69, 9.17) is 15.6 Å². The number of nitrogen functional groups attached to an aromatic ring is 1. The number of aliphatic carboxylic acids is 1. The van der Waals surface area contributed by atoms with Gasteiger partial charge in [-0.25, -0.2) is 18.2 Å². The number of carbonyl (C=O) groups is 2. The molecule has 0 fully saturated rings. The first-order chi connectivity index (χ1) is 20.1. The fourth-order valence-electron chi connectivity index (χ4n) is 4.04. The number of fused-ring (bicyclic) bond motifs is 1. The van der Waals surface area contributed by atoms with Crippen LogP contribution < -0.4 is 16.4 Å². The summed E-state index contributed by atoms with van der Waals surface area (Å²) in [5.41, 5.74) is 9.79. The molecule has 9 nitrogen and oxygen atoms in total. The van der Waals surface area contributed by atoms with Gasteiger partial charge in [0, 0.05) is 30.1 Å². The fraction of sp³-hybridized carbons (Fsp3) is 0.167. The zero-order valence-corrected chi connectivity index (χ0v) is 24.0. The summed E-state index contributed by atoms with van der Waals surface area (Å²) < 4.78 is 56.1. The number of hydrogen-bond acceptors (Lipinski definition) is 7. The van der Waals surface area contributed by atoms with Gasteiger partial charge in [-0.05, 0) is 65.4 Å². The molecule has 13 heteroatoms. The molecule has 43 heavy (non-hydrogen) atoms. The molecule has 4 aromatic rings. The first-order valence-electron chi connectivity index (χ1n) is 12.6. The number of alkyl halides is 3. The predicted octanol–water partition coefficient (Wildman–Crippen LogP) is 5.36. The number of nitrogens with one attached hydrogen (secondary N) is 2. The lowest BCUT2D eigenvalue weighted by atomic mass is 9.99. The topological polar surface area (TPSA) is 151 Å². The summed E-state index contributed by atoms with van der Waals surface area (Å²) in [5.74, 6) is -2.62. The van der Waals surface area contributed by atoms with Crippen molar-refractivity contribution in [2.75, 3.05) is 17.3 Å². The Hall–Kier alpha value is -4.91. The van der Waals surface area contributed by atoms with Crippen molar-refractivity contribution >= 4 is 49.6 Å². The molecule has 1 amide bonds. The molecule has 0 aliphatic carbocycles. The van der Waals surface area contributed by atoms with Crippen molar-refractivity contribution in [1.29, 1.82) is 0 Å². The Morgan fingerprint density at radius 2 is 1.72 bits per heavy atom. The highest BCUT2D eigenvalue weighted by Gasteiger charge is 2.38. The lowest BCUT2D eigenvalue weighted by Gasteiger charge is -2.21. The minimum atomic E-state index is -5.08. The van der Waals surface area contributed by atoms with Crippen LogP contribution in [0.3, 0.4) is 0 Å². The SMILES string of the molecule is C=C(C)c1cccc(C(Nc2ccc3c(N)nccc3c2)C(=O)NCc2ccccc2S(C)(=O)=O)c1.O=C(O)C(F)(F)F. The lowest BCUT2D eigenvalue weighted by Crippen LogP contribution is -2.33. The van der Waals surface area contributed by atoms with Gasteiger partial charge < -0.3 is 21.5 Å². The van der Waals surface area contributed by atoms with Gasteiger partial charge in [0.25, 0.3) is 0 Å². The van der Waals surface area contributed by atoms with E-state index in [9.17, 15) is 26.4 Å². The van der Waals surface area contributed by atoms with E-state index in [1.54, 1.807) is 30.5 Å². The van der Waals surface area contributed by atoms with E-state index in [2.05, 4.69) is 22.2 Å². The molecule has 0 aliphatic rings. The molecular weight excluding hydrogens is 585 g/mol. The lowest BCUT2D eigenvalue weighted by molar-refractivity contribution is -0.192. The van der Waals surface area contributed by atoms with Crippen molar-refractivity contribution in [3.8, 4) is 0 Å². The van der Waals surface area contributed by atoms with Crippen LogP contribution in [-0.4, -0.2) is 42.8 Å². The largest absolute Gasteiger partial charge is 0.490 e. The number of carbonyl (C=O) groups excluding carboxylic acids is 1. The molecule has 0 saturated carbocycles. The molecule has 5 N–H and O–H groups in total. The second-order valence-electron chi connectivity index (χ2n) is 9.52. The van der Waals surface area contributed by atoms with Gasteiger partial charge in [-0.15, -0.1) is 0 Å². The second kappa shape index (κ2) is 13.4. The van der Waals surface area contributed by atoms with Crippen LogP contribution in [-0.2, 0) is 26.0 Å². The summed E-state index contributed by atoms with van der Waals surface area (Å²) in [6, 6.07) is 21.0. The standard InChI is InChI=1S/C28H28N4O3S.C2HF3O2/c1-18(2)19-8-6-9-21(15-19)26(32-23-11-12-24-20(16-23)13-14-30-27(24)29)28(33)31-17-22-7-4-5-10-25(22)36(3,34)35;3-2(4,5)1(6)7/h4-16,26,32H,1,17H2,2-3H3,(H2,29,30)(H,31,33);(H,6,7). The first-order valence-corrected chi connectivity index (χ1v) is 14.5. The summed E-state index contributed by atoms with van der Waals surface area (Å²) in [7, 11) is -3.43. The van der Waals surface area contributed by atoms with Crippen LogP contribution in [0.1, 0.15) is 29.7 Å². The predicted molar refractivity (Wildman–Crippen MR) is 159 cm³/mol. The number of carboxylic acids is 1. The van der Waals surface area contributed by atoms with Crippen molar-refractivity contribution in [2.24, 2.45) is 0 Å². The average Bonchev–Trinajstić information content (AvgIpc) is 2.94. The van der Waals surface area contributed by atoms with Crippen molar-refractivity contribution in [1.82, 2.24) is 10.3 Å². The Bertz CT molecular complexity index is 1780. The molecule has 0 bridgehead atoms. The smallest absolute Gasteiger partial charge is 0.475 e. The van der Waals surface area contributed by atoms with Crippen LogP contribution in [0.5, 0.6) is 0 Å². The zero-order chi connectivity index (χ0) is 31.9. The van der Waals surface area contributed by atoms with Crippen molar-refractivity contribution in [2.45, 2.75) is 30.6 Å². The Morgan fingerprint density at radius 1 is 1.05 bits per heavy atom.